The molecule has 0 aromatic heterocycles. The molecule has 1 aromatic carbocycles. The lowest BCUT2D eigenvalue weighted by Crippen LogP contribution is -2.59. The van der Waals surface area contributed by atoms with Crippen molar-refractivity contribution in [3.63, 3.8) is 0 Å². The van der Waals surface area contributed by atoms with E-state index in [0.717, 1.165) is 12.1 Å². The average Bonchev–Trinajstić information content (AvgIpc) is 2.37. The highest BCUT2D eigenvalue weighted by Crippen LogP contribution is 2.40. The first kappa shape index (κ1) is 13.9. The molecule has 2 bridgehead atoms. The molecule has 2 saturated heterocycles. The van der Waals surface area contributed by atoms with E-state index >= 15 is 0 Å². The van der Waals surface area contributed by atoms with Crippen LogP contribution in [0.2, 0.25) is 0 Å². The van der Waals surface area contributed by atoms with Crippen LogP contribution in [0.15, 0.2) is 12.1 Å². The summed E-state index contributed by atoms with van der Waals surface area (Å²) in [6.07, 6.45) is 0.620. The van der Waals surface area contributed by atoms with E-state index in [1.165, 1.54) is 0 Å². The van der Waals surface area contributed by atoms with Gasteiger partial charge in [0.2, 0.25) is 0 Å². The molecule has 0 radical (unpaired) electrons. The Labute approximate surface area is 115 Å². The molecule has 0 amide bonds. The molecule has 0 aliphatic carbocycles. The van der Waals surface area contributed by atoms with Gasteiger partial charge in [0.15, 0.2) is 17.5 Å². The first-order chi connectivity index (χ1) is 9.40. The third-order valence-electron chi connectivity index (χ3n) is 4.44. The Morgan fingerprint density at radius 1 is 1.15 bits per heavy atom. The molecule has 2 heterocycles. The monoisotopic (exact) mass is 287 g/mol. The van der Waals surface area contributed by atoms with Crippen LogP contribution in [0.25, 0.3) is 0 Å². The molecule has 1 N–H and O–H groups in total. The fourth-order valence-electron chi connectivity index (χ4n) is 3.20. The van der Waals surface area contributed by atoms with E-state index in [-0.39, 0.29) is 17.6 Å². The lowest BCUT2D eigenvalue weighted by atomic mass is 9.77. The number of fused-ring (bicyclic) bond motifs is 2. The number of rotatable bonds is 1. The number of ether oxygens (including phenoxy) is 1. The van der Waals surface area contributed by atoms with Gasteiger partial charge in [0.1, 0.15) is 0 Å². The second-order valence-electron chi connectivity index (χ2n) is 5.70. The fourth-order valence-corrected chi connectivity index (χ4v) is 3.20. The Kier molecular flexibility index (Phi) is 3.27. The van der Waals surface area contributed by atoms with Crippen molar-refractivity contribution < 1.29 is 23.0 Å². The summed E-state index contributed by atoms with van der Waals surface area (Å²) in [6, 6.07) is 1.76. The van der Waals surface area contributed by atoms with E-state index in [9.17, 15) is 18.3 Å². The molecule has 110 valence electrons. The molecule has 0 saturated carbocycles. The largest absolute Gasteiger partial charge is 0.385 e. The second kappa shape index (κ2) is 4.72. The standard InChI is InChI=1S/C14H16F3NO2/c1-18-9-4-14(19,5-10(18)7-20-6-9)8-2-11(15)13(17)12(16)3-8/h2-3,9-10,19H,4-7H2,1H3. The zero-order valence-electron chi connectivity index (χ0n) is 11.1. The number of halogens is 3. The highest BCUT2D eigenvalue weighted by Gasteiger charge is 2.46. The predicted molar refractivity (Wildman–Crippen MR) is 65.6 cm³/mol. The summed E-state index contributed by atoms with van der Waals surface area (Å²) in [6.45, 7) is 0.947. The van der Waals surface area contributed by atoms with Gasteiger partial charge in [-0.25, -0.2) is 13.2 Å². The van der Waals surface area contributed by atoms with Crippen LogP contribution in [-0.2, 0) is 10.3 Å². The van der Waals surface area contributed by atoms with Crippen LogP contribution in [0.3, 0.4) is 0 Å². The Morgan fingerprint density at radius 3 is 2.15 bits per heavy atom. The highest BCUT2D eigenvalue weighted by atomic mass is 19.2. The fraction of sp³-hybridized carbons (Fsp3) is 0.571. The molecule has 2 aliphatic rings. The van der Waals surface area contributed by atoms with Crippen LogP contribution in [0.4, 0.5) is 13.2 Å². The van der Waals surface area contributed by atoms with Gasteiger partial charge in [-0.1, -0.05) is 0 Å². The molecule has 2 atom stereocenters. The minimum absolute atomic E-state index is 0.0105. The van der Waals surface area contributed by atoms with Crippen molar-refractivity contribution in [3.05, 3.63) is 35.1 Å². The van der Waals surface area contributed by atoms with Gasteiger partial charge in [-0.05, 0) is 37.6 Å². The van der Waals surface area contributed by atoms with E-state index < -0.39 is 23.1 Å². The van der Waals surface area contributed by atoms with Crippen LogP contribution in [0.5, 0.6) is 0 Å². The molecular formula is C14H16F3NO2. The van der Waals surface area contributed by atoms with E-state index in [1.54, 1.807) is 0 Å². The van der Waals surface area contributed by atoms with Gasteiger partial charge in [0.25, 0.3) is 0 Å². The number of nitrogens with zero attached hydrogens (tertiary/aromatic N) is 1. The van der Waals surface area contributed by atoms with Crippen molar-refractivity contribution in [3.8, 4) is 0 Å². The number of aliphatic hydroxyl groups is 1. The summed E-state index contributed by atoms with van der Waals surface area (Å²) in [5.74, 6) is -4.05. The van der Waals surface area contributed by atoms with Crippen LogP contribution >= 0.6 is 0 Å². The van der Waals surface area contributed by atoms with Crippen molar-refractivity contribution >= 4 is 0 Å². The number of piperidine rings is 1. The van der Waals surface area contributed by atoms with Gasteiger partial charge in [-0.3, -0.25) is 4.90 Å². The maximum Gasteiger partial charge on any atom is 0.194 e. The Morgan fingerprint density at radius 2 is 1.65 bits per heavy atom. The number of benzene rings is 1. The Bertz CT molecular complexity index is 500. The van der Waals surface area contributed by atoms with Crippen LogP contribution < -0.4 is 0 Å². The normalized spacial score (nSPS) is 34.2. The summed E-state index contributed by atoms with van der Waals surface area (Å²) in [5.41, 5.74) is -1.25. The average molecular weight is 287 g/mol. The molecule has 1 aromatic rings. The van der Waals surface area contributed by atoms with Gasteiger partial charge in [-0.15, -0.1) is 0 Å². The van der Waals surface area contributed by atoms with Crippen LogP contribution in [0, 0.1) is 17.5 Å². The lowest BCUT2D eigenvalue weighted by Gasteiger charge is -2.50. The molecule has 0 spiro atoms. The number of hydrogen-bond donors (Lipinski definition) is 1. The van der Waals surface area contributed by atoms with E-state index in [1.807, 2.05) is 7.05 Å². The molecule has 3 rings (SSSR count). The van der Waals surface area contributed by atoms with Gasteiger partial charge in [0.05, 0.1) is 18.8 Å². The molecule has 2 aliphatic heterocycles. The summed E-state index contributed by atoms with van der Waals surface area (Å²) < 4.78 is 45.2. The maximum atomic E-state index is 13.4. The van der Waals surface area contributed by atoms with Crippen molar-refractivity contribution in [1.82, 2.24) is 4.90 Å². The quantitative estimate of drug-likeness (QED) is 0.799. The number of likely N-dealkylation sites (N-methyl/N-ethyl adjacent to an activating group) is 1. The van der Waals surface area contributed by atoms with Crippen molar-refractivity contribution in [2.75, 3.05) is 20.3 Å². The molecular weight excluding hydrogens is 271 g/mol. The topological polar surface area (TPSA) is 32.7 Å². The summed E-state index contributed by atoms with van der Waals surface area (Å²) in [5, 5.41) is 10.8. The summed E-state index contributed by atoms with van der Waals surface area (Å²) in [4.78, 5) is 2.12. The van der Waals surface area contributed by atoms with Gasteiger partial charge in [0, 0.05) is 12.1 Å². The Hall–Kier alpha value is -1.11. The van der Waals surface area contributed by atoms with Gasteiger partial charge in [-0.2, -0.15) is 0 Å². The summed E-state index contributed by atoms with van der Waals surface area (Å²) in [7, 11) is 1.95. The SMILES string of the molecule is CN1C2COCC1CC(O)(c1cc(F)c(F)c(F)c1)C2. The van der Waals surface area contributed by atoms with Gasteiger partial charge < -0.3 is 9.84 Å². The van der Waals surface area contributed by atoms with Crippen molar-refractivity contribution in [2.45, 2.75) is 30.5 Å². The first-order valence-electron chi connectivity index (χ1n) is 6.58. The van der Waals surface area contributed by atoms with Crippen LogP contribution in [-0.4, -0.2) is 42.4 Å². The molecule has 2 fully saturated rings. The highest BCUT2D eigenvalue weighted by molar-refractivity contribution is 5.27. The summed E-state index contributed by atoms with van der Waals surface area (Å²) >= 11 is 0. The van der Waals surface area contributed by atoms with Crippen molar-refractivity contribution in [1.29, 1.82) is 0 Å². The van der Waals surface area contributed by atoms with E-state index in [2.05, 4.69) is 4.90 Å². The van der Waals surface area contributed by atoms with Crippen molar-refractivity contribution in [2.24, 2.45) is 0 Å². The van der Waals surface area contributed by atoms with E-state index in [0.29, 0.717) is 26.1 Å². The predicted octanol–water partition coefficient (Wildman–Crippen LogP) is 1.78. The van der Waals surface area contributed by atoms with Crippen LogP contribution in [0.1, 0.15) is 18.4 Å². The lowest BCUT2D eigenvalue weighted by molar-refractivity contribution is -0.138. The molecule has 6 heteroatoms. The maximum absolute atomic E-state index is 13.4. The number of morpholine rings is 1. The second-order valence-corrected chi connectivity index (χ2v) is 5.70. The molecule has 3 nitrogen and oxygen atoms in total. The molecule has 2 unspecified atom stereocenters. The third-order valence-corrected chi connectivity index (χ3v) is 4.44. The van der Waals surface area contributed by atoms with E-state index in [4.69, 9.17) is 4.74 Å². The van der Waals surface area contributed by atoms with Gasteiger partial charge >= 0.3 is 0 Å². The Balaban J connectivity index is 1.97. The third kappa shape index (κ3) is 2.12. The zero-order chi connectivity index (χ0) is 14.5. The number of hydrogen-bond acceptors (Lipinski definition) is 3. The first-order valence-corrected chi connectivity index (χ1v) is 6.58. The smallest absolute Gasteiger partial charge is 0.194 e. The minimum Gasteiger partial charge on any atom is -0.385 e. The zero-order valence-corrected chi connectivity index (χ0v) is 11.1. The molecule has 20 heavy (non-hydrogen) atoms. The minimum atomic E-state index is -1.51.